The molecule has 2 heterocycles. The number of carboxylic acids is 1. The van der Waals surface area contributed by atoms with E-state index in [1.165, 1.54) is 4.83 Å². The van der Waals surface area contributed by atoms with Gasteiger partial charge in [-0.25, -0.2) is 0 Å². The second kappa shape index (κ2) is 10.2. The van der Waals surface area contributed by atoms with Crippen LogP contribution in [0, 0.1) is 6.92 Å². The summed E-state index contributed by atoms with van der Waals surface area (Å²) < 4.78 is 2.13. The Morgan fingerprint density at radius 2 is 1.79 bits per heavy atom. The van der Waals surface area contributed by atoms with Gasteiger partial charge in [0.2, 0.25) is 5.78 Å². The zero-order valence-electron chi connectivity index (χ0n) is 17.8. The van der Waals surface area contributed by atoms with Crippen molar-refractivity contribution in [2.24, 2.45) is 0 Å². The number of hydrogen-bond acceptors (Lipinski definition) is 3. The number of aliphatic carboxylic acids is 1. The lowest BCUT2D eigenvalue weighted by molar-refractivity contribution is -0.137. The summed E-state index contributed by atoms with van der Waals surface area (Å²) in [5, 5.41) is 11.1. The number of aromatic nitrogens is 1. The highest BCUT2D eigenvalue weighted by Gasteiger charge is 2.22. The molecule has 0 unspecified atom stereocenters. The third-order valence-electron chi connectivity index (χ3n) is 4.66. The minimum atomic E-state index is -0.711. The van der Waals surface area contributed by atoms with Crippen LogP contribution < -0.4 is 0 Å². The van der Waals surface area contributed by atoms with E-state index in [4.69, 9.17) is 5.11 Å². The van der Waals surface area contributed by atoms with Crippen molar-refractivity contribution >= 4 is 38.9 Å². The number of carbonyl (C=O) groups is 2. The van der Waals surface area contributed by atoms with Crippen LogP contribution in [-0.2, 0) is 11.3 Å². The number of allylic oxidation sites excluding steroid dienone is 2. The number of fused-ring (bicyclic) bond motifs is 1. The number of carboxylic acid groups (broad SMARTS) is 1. The average molecular weight is 412 g/mol. The maximum atomic E-state index is 13.3. The van der Waals surface area contributed by atoms with E-state index in [-0.39, 0.29) is 5.78 Å². The molecule has 0 saturated carbocycles. The maximum absolute atomic E-state index is 13.3. The number of Topliss-reactive ketones (excluding diaryl/α,β-unsaturated/α-hetero) is 1. The number of hydrogen-bond donors (Lipinski definition) is 1. The Morgan fingerprint density at radius 3 is 2.31 bits per heavy atom. The number of thiophene rings is 1. The number of aryl methyl sites for hydroxylation is 2. The van der Waals surface area contributed by atoms with Gasteiger partial charge in [0.05, 0.1) is 5.69 Å². The van der Waals surface area contributed by atoms with E-state index in [1.54, 1.807) is 11.3 Å². The van der Waals surface area contributed by atoms with Gasteiger partial charge in [0, 0.05) is 23.9 Å². The van der Waals surface area contributed by atoms with E-state index in [2.05, 4.69) is 35.9 Å². The first-order valence-corrected chi connectivity index (χ1v) is 10.8. The molecule has 0 aliphatic heterocycles. The van der Waals surface area contributed by atoms with E-state index in [0.29, 0.717) is 6.42 Å². The normalized spacial score (nSPS) is 10.4. The van der Waals surface area contributed by atoms with Gasteiger partial charge in [-0.3, -0.25) is 9.59 Å². The largest absolute Gasteiger partial charge is 0.481 e. The minimum Gasteiger partial charge on any atom is -0.481 e. The second-order valence-electron chi connectivity index (χ2n) is 7.12. The molecule has 0 atom stereocenters. The molecular weight excluding hydrogens is 382 g/mol. The molecule has 3 rings (SSSR count). The smallest absolute Gasteiger partial charge is 0.303 e. The summed E-state index contributed by atoms with van der Waals surface area (Å²) in [6.07, 6.45) is 1.02. The Balaban J connectivity index is 0.000000438. The first-order chi connectivity index (χ1) is 13.8. The van der Waals surface area contributed by atoms with Crippen LogP contribution in [0.5, 0.6) is 0 Å². The van der Waals surface area contributed by atoms with Gasteiger partial charge in [0.15, 0.2) is 0 Å². The molecular formula is C24H29NO3S. The third-order valence-corrected chi connectivity index (χ3v) is 5.61. The number of nitrogens with zero attached hydrogens (tertiary/aromatic N) is 1. The van der Waals surface area contributed by atoms with Crippen molar-refractivity contribution < 1.29 is 14.7 Å². The van der Waals surface area contributed by atoms with E-state index in [1.807, 2.05) is 45.0 Å². The maximum Gasteiger partial charge on any atom is 0.303 e. The fourth-order valence-corrected chi connectivity index (χ4v) is 4.25. The van der Waals surface area contributed by atoms with Gasteiger partial charge in [0.25, 0.3) is 0 Å². The summed E-state index contributed by atoms with van der Waals surface area (Å²) in [5.41, 5.74) is 4.83. The lowest BCUT2D eigenvalue weighted by atomic mass is 9.92. The monoisotopic (exact) mass is 411 g/mol. The van der Waals surface area contributed by atoms with Crippen molar-refractivity contribution in [3.8, 4) is 0 Å². The predicted molar refractivity (Wildman–Crippen MR) is 122 cm³/mol. The van der Waals surface area contributed by atoms with Crippen molar-refractivity contribution in [2.75, 3.05) is 0 Å². The SMILES string of the molecule is CCCC(=O)O.CCn1c(C(=O)C(=C(C)C)c2ccccc2C)cc2ccsc21. The Labute approximate surface area is 176 Å². The minimum absolute atomic E-state index is 0.115. The highest BCUT2D eigenvalue weighted by Crippen LogP contribution is 2.31. The van der Waals surface area contributed by atoms with Crippen LogP contribution >= 0.6 is 11.3 Å². The molecule has 0 spiro atoms. The molecule has 0 radical (unpaired) electrons. The van der Waals surface area contributed by atoms with Crippen LogP contribution in [0.3, 0.4) is 0 Å². The van der Waals surface area contributed by atoms with E-state index in [0.717, 1.165) is 46.3 Å². The molecule has 5 heteroatoms. The van der Waals surface area contributed by atoms with E-state index >= 15 is 0 Å². The first kappa shape index (κ1) is 22.6. The van der Waals surface area contributed by atoms with Crippen molar-refractivity contribution in [3.05, 3.63) is 64.2 Å². The van der Waals surface area contributed by atoms with Crippen LogP contribution in [0.15, 0.2) is 47.4 Å². The van der Waals surface area contributed by atoms with Gasteiger partial charge >= 0.3 is 5.97 Å². The lowest BCUT2D eigenvalue weighted by Gasteiger charge is -2.14. The average Bonchev–Trinajstić information content (AvgIpc) is 3.24. The fourth-order valence-electron chi connectivity index (χ4n) is 3.29. The molecule has 0 amide bonds. The highest BCUT2D eigenvalue weighted by atomic mass is 32.1. The summed E-state index contributed by atoms with van der Waals surface area (Å²) in [7, 11) is 0. The zero-order chi connectivity index (χ0) is 21.6. The number of ketones is 1. The standard InChI is InChI=1S/C20H21NOS.C4H8O2/c1-5-21-17(12-15-10-11-23-20(15)21)19(22)18(13(2)3)16-9-7-6-8-14(16)4;1-2-3-4(5)6/h6-12H,5H2,1-4H3;2-3H2,1H3,(H,5,6). The van der Waals surface area contributed by atoms with Gasteiger partial charge in [-0.2, -0.15) is 0 Å². The van der Waals surface area contributed by atoms with Gasteiger partial charge in [-0.1, -0.05) is 36.8 Å². The second-order valence-corrected chi connectivity index (χ2v) is 8.01. The first-order valence-electron chi connectivity index (χ1n) is 9.88. The van der Waals surface area contributed by atoms with Crippen LogP contribution in [0.4, 0.5) is 0 Å². The van der Waals surface area contributed by atoms with Crippen LogP contribution in [0.25, 0.3) is 15.8 Å². The van der Waals surface area contributed by atoms with Crippen LogP contribution in [-0.4, -0.2) is 21.4 Å². The van der Waals surface area contributed by atoms with Gasteiger partial charge < -0.3 is 9.67 Å². The molecule has 29 heavy (non-hydrogen) atoms. The number of rotatable bonds is 6. The summed E-state index contributed by atoms with van der Waals surface area (Å²) in [6.45, 7) is 10.8. The molecule has 3 aromatic rings. The molecule has 0 fully saturated rings. The molecule has 0 bridgehead atoms. The molecule has 4 nitrogen and oxygen atoms in total. The topological polar surface area (TPSA) is 59.3 Å². The highest BCUT2D eigenvalue weighted by molar-refractivity contribution is 7.16. The molecule has 0 aliphatic rings. The molecule has 154 valence electrons. The fraction of sp³-hybridized carbons (Fsp3) is 0.333. The molecule has 1 aromatic carbocycles. The summed E-state index contributed by atoms with van der Waals surface area (Å²) in [5.74, 6) is -0.595. The van der Waals surface area contributed by atoms with Gasteiger partial charge in [-0.15, -0.1) is 11.3 Å². The van der Waals surface area contributed by atoms with E-state index in [9.17, 15) is 9.59 Å². The quantitative estimate of drug-likeness (QED) is 0.368. The summed E-state index contributed by atoms with van der Waals surface area (Å²) in [6, 6.07) is 12.2. The Morgan fingerprint density at radius 1 is 1.10 bits per heavy atom. The summed E-state index contributed by atoms with van der Waals surface area (Å²) in [4.78, 5) is 24.1. The van der Waals surface area contributed by atoms with Crippen molar-refractivity contribution in [1.82, 2.24) is 4.57 Å². The zero-order valence-corrected chi connectivity index (χ0v) is 18.6. The van der Waals surface area contributed by atoms with Crippen molar-refractivity contribution in [2.45, 2.75) is 54.0 Å². The lowest BCUT2D eigenvalue weighted by Crippen LogP contribution is -2.11. The van der Waals surface area contributed by atoms with Crippen LogP contribution in [0.2, 0.25) is 0 Å². The Hall–Kier alpha value is -2.66. The van der Waals surface area contributed by atoms with E-state index < -0.39 is 5.97 Å². The predicted octanol–water partition coefficient (Wildman–Crippen LogP) is 6.58. The number of carbonyl (C=O) groups excluding carboxylic acids is 1. The van der Waals surface area contributed by atoms with Crippen molar-refractivity contribution in [3.63, 3.8) is 0 Å². The molecule has 0 saturated heterocycles. The van der Waals surface area contributed by atoms with Crippen LogP contribution in [0.1, 0.15) is 62.2 Å². The summed E-state index contributed by atoms with van der Waals surface area (Å²) >= 11 is 1.69. The van der Waals surface area contributed by atoms with Crippen molar-refractivity contribution in [1.29, 1.82) is 0 Å². The molecule has 2 aromatic heterocycles. The Bertz CT molecular complexity index is 1040. The molecule has 0 aliphatic carbocycles. The molecule has 1 N–H and O–H groups in total. The Kier molecular flexibility index (Phi) is 7.97. The number of benzene rings is 1. The third kappa shape index (κ3) is 5.24. The van der Waals surface area contributed by atoms with Gasteiger partial charge in [-0.05, 0) is 62.8 Å². The van der Waals surface area contributed by atoms with Gasteiger partial charge in [0.1, 0.15) is 4.83 Å².